The van der Waals surface area contributed by atoms with Crippen LogP contribution in [0.5, 0.6) is 0 Å². The SMILES string of the molecule is CC(C)(O)C(O)CNc1nc(N)nc2cc(-c3ccnn3C3CCCCO3)ccc12. The number of hydrogen-bond donors (Lipinski definition) is 4. The highest BCUT2D eigenvalue weighted by Crippen LogP contribution is 2.31. The van der Waals surface area contributed by atoms with Crippen LogP contribution < -0.4 is 11.1 Å². The number of hydrogen-bond acceptors (Lipinski definition) is 8. The van der Waals surface area contributed by atoms with Crippen molar-refractivity contribution in [3.05, 3.63) is 30.5 Å². The first-order chi connectivity index (χ1) is 14.3. The van der Waals surface area contributed by atoms with Gasteiger partial charge in [0.1, 0.15) is 5.82 Å². The molecule has 0 radical (unpaired) electrons. The van der Waals surface area contributed by atoms with Gasteiger partial charge in [0, 0.05) is 30.3 Å². The van der Waals surface area contributed by atoms with Crippen molar-refractivity contribution in [1.29, 1.82) is 0 Å². The standard InChI is InChI=1S/C21H28N6O3/c1-21(2,29)17(28)12-23-19-14-7-6-13(11-15(14)25-20(22)26-19)16-8-9-24-27(16)18-5-3-4-10-30-18/h6-9,11,17-18,28-29H,3-5,10,12H2,1-2H3,(H3,22,23,25,26). The molecule has 1 aliphatic heterocycles. The fraction of sp³-hybridized carbons (Fsp3) is 0.476. The molecule has 9 nitrogen and oxygen atoms in total. The lowest BCUT2D eigenvalue weighted by Gasteiger charge is -2.25. The summed E-state index contributed by atoms with van der Waals surface area (Å²) in [6, 6.07) is 7.81. The molecule has 3 heterocycles. The number of rotatable bonds is 6. The summed E-state index contributed by atoms with van der Waals surface area (Å²) in [5.74, 6) is 0.639. The number of fused-ring (bicyclic) bond motifs is 1. The lowest BCUT2D eigenvalue weighted by atomic mass is 10.0. The number of benzene rings is 1. The number of aliphatic hydroxyl groups is 2. The van der Waals surface area contributed by atoms with Gasteiger partial charge in [-0.1, -0.05) is 6.07 Å². The number of aromatic nitrogens is 4. The van der Waals surface area contributed by atoms with Crippen molar-refractivity contribution < 1.29 is 14.9 Å². The first kappa shape index (κ1) is 20.5. The van der Waals surface area contributed by atoms with Gasteiger partial charge in [0.2, 0.25) is 5.95 Å². The molecule has 5 N–H and O–H groups in total. The molecule has 0 amide bonds. The Labute approximate surface area is 174 Å². The summed E-state index contributed by atoms with van der Waals surface area (Å²) in [7, 11) is 0. The van der Waals surface area contributed by atoms with Crippen LogP contribution in [0.4, 0.5) is 11.8 Å². The Bertz CT molecular complexity index is 1020. The van der Waals surface area contributed by atoms with Gasteiger partial charge in [-0.3, -0.25) is 0 Å². The Morgan fingerprint density at radius 2 is 2.13 bits per heavy atom. The smallest absolute Gasteiger partial charge is 0.222 e. The summed E-state index contributed by atoms with van der Waals surface area (Å²) >= 11 is 0. The van der Waals surface area contributed by atoms with E-state index in [9.17, 15) is 10.2 Å². The number of ether oxygens (including phenoxy) is 1. The minimum Gasteiger partial charge on any atom is -0.388 e. The van der Waals surface area contributed by atoms with Gasteiger partial charge in [-0.05, 0) is 51.3 Å². The lowest BCUT2D eigenvalue weighted by Crippen LogP contribution is -2.40. The maximum Gasteiger partial charge on any atom is 0.222 e. The third-order valence-electron chi connectivity index (χ3n) is 5.39. The van der Waals surface area contributed by atoms with Crippen LogP contribution in [0.1, 0.15) is 39.3 Å². The zero-order chi connectivity index (χ0) is 21.3. The highest BCUT2D eigenvalue weighted by Gasteiger charge is 2.24. The van der Waals surface area contributed by atoms with Crippen LogP contribution in [0.15, 0.2) is 30.5 Å². The monoisotopic (exact) mass is 412 g/mol. The van der Waals surface area contributed by atoms with Gasteiger partial charge < -0.3 is 26.0 Å². The highest BCUT2D eigenvalue weighted by atomic mass is 16.5. The summed E-state index contributed by atoms with van der Waals surface area (Å²) in [4.78, 5) is 8.64. The van der Waals surface area contributed by atoms with Crippen LogP contribution in [-0.2, 0) is 4.74 Å². The molecule has 1 aromatic carbocycles. The molecule has 160 valence electrons. The van der Waals surface area contributed by atoms with E-state index in [0.29, 0.717) is 11.3 Å². The van der Waals surface area contributed by atoms with Gasteiger partial charge in [0.15, 0.2) is 6.23 Å². The second-order valence-corrected chi connectivity index (χ2v) is 8.19. The molecule has 2 atom stereocenters. The van der Waals surface area contributed by atoms with E-state index in [4.69, 9.17) is 10.5 Å². The summed E-state index contributed by atoms with van der Waals surface area (Å²) in [5.41, 5.74) is 7.28. The number of nitrogens with zero attached hydrogens (tertiary/aromatic N) is 4. The van der Waals surface area contributed by atoms with E-state index < -0.39 is 11.7 Å². The molecule has 1 fully saturated rings. The Kier molecular flexibility index (Phi) is 5.59. The van der Waals surface area contributed by atoms with Crippen molar-refractivity contribution in [2.24, 2.45) is 0 Å². The molecule has 3 aromatic rings. The Hall–Kier alpha value is -2.75. The Balaban J connectivity index is 1.65. The average Bonchev–Trinajstić information content (AvgIpc) is 3.21. The van der Waals surface area contributed by atoms with Gasteiger partial charge >= 0.3 is 0 Å². The fourth-order valence-corrected chi connectivity index (χ4v) is 3.57. The van der Waals surface area contributed by atoms with Gasteiger partial charge in [-0.2, -0.15) is 10.1 Å². The molecule has 9 heteroatoms. The van der Waals surface area contributed by atoms with Crippen molar-refractivity contribution in [3.63, 3.8) is 0 Å². The number of nitrogens with two attached hydrogens (primary N) is 1. The minimum atomic E-state index is -1.23. The van der Waals surface area contributed by atoms with Crippen LogP contribution in [0.25, 0.3) is 22.2 Å². The molecule has 1 aliphatic rings. The average molecular weight is 412 g/mol. The van der Waals surface area contributed by atoms with E-state index in [0.717, 1.165) is 42.5 Å². The minimum absolute atomic E-state index is 0.0598. The van der Waals surface area contributed by atoms with E-state index in [-0.39, 0.29) is 18.7 Å². The largest absolute Gasteiger partial charge is 0.388 e. The van der Waals surface area contributed by atoms with Crippen molar-refractivity contribution in [3.8, 4) is 11.3 Å². The molecule has 1 saturated heterocycles. The summed E-state index contributed by atoms with van der Waals surface area (Å²) in [6.07, 6.45) is 3.89. The van der Waals surface area contributed by atoms with Crippen LogP contribution >= 0.6 is 0 Å². The van der Waals surface area contributed by atoms with E-state index in [2.05, 4.69) is 20.4 Å². The first-order valence-electron chi connectivity index (χ1n) is 10.2. The zero-order valence-electron chi connectivity index (χ0n) is 17.2. The number of nitrogen functional groups attached to an aromatic ring is 1. The predicted molar refractivity (Wildman–Crippen MR) is 115 cm³/mol. The second kappa shape index (κ2) is 8.17. The molecule has 0 spiro atoms. The van der Waals surface area contributed by atoms with E-state index in [1.54, 1.807) is 20.0 Å². The van der Waals surface area contributed by atoms with E-state index in [1.165, 1.54) is 0 Å². The quantitative estimate of drug-likeness (QED) is 0.485. The normalized spacial score (nSPS) is 18.5. The topological polar surface area (TPSA) is 131 Å². The summed E-state index contributed by atoms with van der Waals surface area (Å²) in [6.45, 7) is 3.98. The third kappa shape index (κ3) is 4.23. The molecular formula is C21H28N6O3. The molecule has 0 bridgehead atoms. The summed E-state index contributed by atoms with van der Waals surface area (Å²) < 4.78 is 7.81. The van der Waals surface area contributed by atoms with Crippen molar-refractivity contribution in [2.75, 3.05) is 24.2 Å². The number of nitrogens with one attached hydrogen (secondary N) is 1. The van der Waals surface area contributed by atoms with E-state index >= 15 is 0 Å². The van der Waals surface area contributed by atoms with Crippen molar-refractivity contribution >= 4 is 22.7 Å². The second-order valence-electron chi connectivity index (χ2n) is 8.19. The third-order valence-corrected chi connectivity index (χ3v) is 5.39. The molecule has 0 saturated carbocycles. The molecule has 2 aromatic heterocycles. The van der Waals surface area contributed by atoms with Gasteiger partial charge in [0.05, 0.1) is 22.9 Å². The van der Waals surface area contributed by atoms with Gasteiger partial charge in [-0.25, -0.2) is 9.67 Å². The van der Waals surface area contributed by atoms with Crippen molar-refractivity contribution in [1.82, 2.24) is 19.7 Å². The lowest BCUT2D eigenvalue weighted by molar-refractivity contribution is -0.0403. The molecule has 0 aliphatic carbocycles. The zero-order valence-corrected chi connectivity index (χ0v) is 17.2. The molecule has 2 unspecified atom stereocenters. The molecule has 4 rings (SSSR count). The maximum atomic E-state index is 10.1. The van der Waals surface area contributed by atoms with Crippen LogP contribution in [0, 0.1) is 0 Å². The van der Waals surface area contributed by atoms with Crippen molar-refractivity contribution in [2.45, 2.75) is 51.0 Å². The Morgan fingerprint density at radius 3 is 2.87 bits per heavy atom. The fourth-order valence-electron chi connectivity index (χ4n) is 3.57. The van der Waals surface area contributed by atoms with Crippen LogP contribution in [-0.4, -0.2) is 54.8 Å². The number of anilines is 2. The highest BCUT2D eigenvalue weighted by molar-refractivity contribution is 5.92. The summed E-state index contributed by atoms with van der Waals surface area (Å²) in [5, 5.41) is 28.4. The van der Waals surface area contributed by atoms with Gasteiger partial charge in [0.25, 0.3) is 0 Å². The molecule has 30 heavy (non-hydrogen) atoms. The van der Waals surface area contributed by atoms with Crippen LogP contribution in [0.3, 0.4) is 0 Å². The van der Waals surface area contributed by atoms with Crippen LogP contribution in [0.2, 0.25) is 0 Å². The first-order valence-corrected chi connectivity index (χ1v) is 10.2. The Morgan fingerprint density at radius 1 is 1.30 bits per heavy atom. The maximum absolute atomic E-state index is 10.1. The number of aliphatic hydroxyl groups excluding tert-OH is 1. The van der Waals surface area contributed by atoms with Gasteiger partial charge in [-0.15, -0.1) is 0 Å². The molecular weight excluding hydrogens is 384 g/mol. The predicted octanol–water partition coefficient (Wildman–Crippen LogP) is 2.32. The van der Waals surface area contributed by atoms with E-state index in [1.807, 2.05) is 28.9 Å².